The van der Waals surface area contributed by atoms with Crippen molar-refractivity contribution in [2.75, 3.05) is 0 Å². The zero-order chi connectivity index (χ0) is 10.8. The van der Waals surface area contributed by atoms with Gasteiger partial charge in [0.05, 0.1) is 5.69 Å². The summed E-state index contributed by atoms with van der Waals surface area (Å²) in [7, 11) is 1.58. The highest BCUT2D eigenvalue weighted by molar-refractivity contribution is 5.34. The van der Waals surface area contributed by atoms with Crippen LogP contribution in [0, 0.1) is 0 Å². The van der Waals surface area contributed by atoms with Crippen LogP contribution in [0.4, 0.5) is 0 Å². The van der Waals surface area contributed by atoms with Crippen molar-refractivity contribution >= 4 is 0 Å². The molecule has 0 N–H and O–H groups in total. The lowest BCUT2D eigenvalue weighted by atomic mass is 10.1. The first-order chi connectivity index (χ1) is 7.22. The van der Waals surface area contributed by atoms with Gasteiger partial charge in [-0.05, 0) is 34.5 Å². The van der Waals surface area contributed by atoms with Gasteiger partial charge in [0, 0.05) is 7.05 Å². The Hall–Kier alpha value is -1.91. The zero-order valence-corrected chi connectivity index (χ0v) is 8.71. The van der Waals surface area contributed by atoms with Gasteiger partial charge in [0.1, 0.15) is 0 Å². The van der Waals surface area contributed by atoms with Crippen molar-refractivity contribution in [3.05, 3.63) is 40.3 Å². The third kappa shape index (κ3) is 1.68. The van der Waals surface area contributed by atoms with E-state index in [9.17, 15) is 4.79 Å². The molecule has 5 nitrogen and oxygen atoms in total. The Bertz CT molecular complexity index is 526. The second-order valence-corrected chi connectivity index (χ2v) is 3.32. The van der Waals surface area contributed by atoms with Gasteiger partial charge in [-0.25, -0.2) is 4.79 Å². The van der Waals surface area contributed by atoms with Crippen LogP contribution >= 0.6 is 0 Å². The number of tetrazole rings is 1. The molecule has 78 valence electrons. The summed E-state index contributed by atoms with van der Waals surface area (Å²) in [6, 6.07) is 7.71. The normalized spacial score (nSPS) is 10.5. The topological polar surface area (TPSA) is 52.7 Å². The number of aromatic nitrogens is 4. The van der Waals surface area contributed by atoms with E-state index in [1.54, 1.807) is 7.05 Å². The molecule has 0 bridgehead atoms. The second kappa shape index (κ2) is 3.68. The molecule has 0 aliphatic carbocycles. The number of aryl methyl sites for hydroxylation is 2. The summed E-state index contributed by atoms with van der Waals surface area (Å²) in [6.45, 7) is 2.07. The smallest absolute Gasteiger partial charge is 0.244 e. The van der Waals surface area contributed by atoms with Gasteiger partial charge < -0.3 is 0 Å². The van der Waals surface area contributed by atoms with E-state index in [0.717, 1.165) is 12.1 Å². The molecule has 0 aliphatic rings. The number of benzene rings is 1. The Kier molecular flexibility index (Phi) is 2.37. The van der Waals surface area contributed by atoms with E-state index in [1.807, 2.05) is 24.3 Å². The fourth-order valence-corrected chi connectivity index (χ4v) is 1.38. The second-order valence-electron chi connectivity index (χ2n) is 3.32. The quantitative estimate of drug-likeness (QED) is 0.717. The van der Waals surface area contributed by atoms with Crippen LogP contribution in [0.15, 0.2) is 29.1 Å². The SMILES string of the molecule is CCc1cccc(-n2nnn(C)c2=O)c1. The molecule has 1 aromatic heterocycles. The lowest BCUT2D eigenvalue weighted by molar-refractivity contribution is 0.693. The summed E-state index contributed by atoms with van der Waals surface area (Å²) in [5, 5.41) is 7.44. The molecule has 1 heterocycles. The molecule has 0 saturated heterocycles. The van der Waals surface area contributed by atoms with E-state index >= 15 is 0 Å². The first-order valence-corrected chi connectivity index (χ1v) is 4.80. The summed E-state index contributed by atoms with van der Waals surface area (Å²) in [5.41, 5.74) is 1.70. The van der Waals surface area contributed by atoms with Gasteiger partial charge in [0.25, 0.3) is 0 Å². The van der Waals surface area contributed by atoms with Crippen LogP contribution in [-0.4, -0.2) is 19.8 Å². The van der Waals surface area contributed by atoms with Crippen molar-refractivity contribution in [3.8, 4) is 5.69 Å². The van der Waals surface area contributed by atoms with Crippen LogP contribution in [0.1, 0.15) is 12.5 Å². The van der Waals surface area contributed by atoms with Gasteiger partial charge in [-0.1, -0.05) is 19.1 Å². The summed E-state index contributed by atoms with van der Waals surface area (Å²) in [4.78, 5) is 11.6. The standard InChI is InChI=1S/C10H12N4O/c1-3-8-5-4-6-9(7-8)14-10(15)13(2)11-12-14/h4-7H,3H2,1-2H3. The summed E-state index contributed by atoms with van der Waals surface area (Å²) >= 11 is 0. The number of hydrogen-bond donors (Lipinski definition) is 0. The number of rotatable bonds is 2. The lowest BCUT2D eigenvalue weighted by Gasteiger charge is -2.00. The summed E-state index contributed by atoms with van der Waals surface area (Å²) in [6.07, 6.45) is 0.933. The molecule has 0 unspecified atom stereocenters. The molecule has 0 atom stereocenters. The van der Waals surface area contributed by atoms with E-state index in [4.69, 9.17) is 0 Å². The van der Waals surface area contributed by atoms with Gasteiger partial charge in [-0.15, -0.1) is 0 Å². The number of hydrogen-bond acceptors (Lipinski definition) is 3. The molecule has 0 radical (unpaired) electrons. The minimum absolute atomic E-state index is 0.233. The van der Waals surface area contributed by atoms with Crippen LogP contribution in [0.3, 0.4) is 0 Å². The molecule has 2 rings (SSSR count). The van der Waals surface area contributed by atoms with Crippen molar-refractivity contribution < 1.29 is 0 Å². The van der Waals surface area contributed by atoms with Crippen molar-refractivity contribution in [2.45, 2.75) is 13.3 Å². The van der Waals surface area contributed by atoms with Crippen molar-refractivity contribution in [2.24, 2.45) is 7.05 Å². The van der Waals surface area contributed by atoms with E-state index in [1.165, 1.54) is 14.9 Å². The molecule has 2 aromatic rings. The maximum Gasteiger partial charge on any atom is 0.368 e. The molecule has 0 fully saturated rings. The average molecular weight is 204 g/mol. The fraction of sp³-hybridized carbons (Fsp3) is 0.300. The molecule has 0 spiro atoms. The Morgan fingerprint density at radius 2 is 2.13 bits per heavy atom. The Balaban J connectivity index is 2.54. The first kappa shape index (κ1) is 9.64. The zero-order valence-electron chi connectivity index (χ0n) is 8.71. The summed E-state index contributed by atoms with van der Waals surface area (Å²) < 4.78 is 2.50. The third-order valence-electron chi connectivity index (χ3n) is 2.29. The third-order valence-corrected chi connectivity index (χ3v) is 2.29. The molecule has 5 heteroatoms. The number of nitrogens with zero attached hydrogens (tertiary/aromatic N) is 4. The lowest BCUT2D eigenvalue weighted by Crippen LogP contribution is -2.21. The van der Waals surface area contributed by atoms with Crippen LogP contribution in [-0.2, 0) is 13.5 Å². The Labute approximate surface area is 86.9 Å². The monoisotopic (exact) mass is 204 g/mol. The van der Waals surface area contributed by atoms with Crippen LogP contribution in [0.5, 0.6) is 0 Å². The minimum atomic E-state index is -0.233. The van der Waals surface area contributed by atoms with Gasteiger partial charge in [-0.2, -0.15) is 9.36 Å². The van der Waals surface area contributed by atoms with E-state index in [-0.39, 0.29) is 5.69 Å². The summed E-state index contributed by atoms with van der Waals surface area (Å²) in [5.74, 6) is 0. The van der Waals surface area contributed by atoms with Crippen LogP contribution in [0.25, 0.3) is 5.69 Å². The Morgan fingerprint density at radius 3 is 2.73 bits per heavy atom. The highest BCUT2D eigenvalue weighted by atomic mass is 16.2. The van der Waals surface area contributed by atoms with Gasteiger partial charge >= 0.3 is 5.69 Å². The minimum Gasteiger partial charge on any atom is -0.244 e. The fourth-order valence-electron chi connectivity index (χ4n) is 1.38. The van der Waals surface area contributed by atoms with Crippen molar-refractivity contribution in [1.82, 2.24) is 19.8 Å². The molecule has 0 amide bonds. The average Bonchev–Trinajstić information content (AvgIpc) is 2.60. The van der Waals surface area contributed by atoms with Gasteiger partial charge in [0.2, 0.25) is 0 Å². The maximum absolute atomic E-state index is 11.6. The molecule has 1 aromatic carbocycles. The predicted molar refractivity (Wildman–Crippen MR) is 56.0 cm³/mol. The molecule has 15 heavy (non-hydrogen) atoms. The Morgan fingerprint density at radius 1 is 1.33 bits per heavy atom. The predicted octanol–water partition coefficient (Wildman–Crippen LogP) is 0.528. The molecular weight excluding hydrogens is 192 g/mol. The van der Waals surface area contributed by atoms with E-state index < -0.39 is 0 Å². The van der Waals surface area contributed by atoms with Crippen molar-refractivity contribution in [3.63, 3.8) is 0 Å². The highest BCUT2D eigenvalue weighted by Crippen LogP contribution is 2.07. The maximum atomic E-state index is 11.6. The van der Waals surface area contributed by atoms with Gasteiger partial charge in [-0.3, -0.25) is 0 Å². The highest BCUT2D eigenvalue weighted by Gasteiger charge is 2.05. The first-order valence-electron chi connectivity index (χ1n) is 4.80. The van der Waals surface area contributed by atoms with Gasteiger partial charge in [0.15, 0.2) is 0 Å². The van der Waals surface area contributed by atoms with E-state index in [2.05, 4.69) is 17.4 Å². The van der Waals surface area contributed by atoms with E-state index in [0.29, 0.717) is 0 Å². The van der Waals surface area contributed by atoms with Crippen LogP contribution in [0.2, 0.25) is 0 Å². The molecular formula is C10H12N4O. The molecule has 0 saturated carbocycles. The van der Waals surface area contributed by atoms with Crippen LogP contribution < -0.4 is 5.69 Å². The molecule has 0 aliphatic heterocycles. The largest absolute Gasteiger partial charge is 0.368 e. The van der Waals surface area contributed by atoms with Crippen molar-refractivity contribution in [1.29, 1.82) is 0 Å².